The molecule has 0 saturated heterocycles. The van der Waals surface area contributed by atoms with Gasteiger partial charge in [0.1, 0.15) is 0 Å². The van der Waals surface area contributed by atoms with Crippen molar-refractivity contribution >= 4 is 18.5 Å². The summed E-state index contributed by atoms with van der Waals surface area (Å²) in [4.78, 5) is 12.1. The Morgan fingerprint density at radius 1 is 1.20 bits per heavy atom. The molecule has 1 saturated carbocycles. The first-order valence-corrected chi connectivity index (χ1v) is 7.78. The van der Waals surface area contributed by atoms with Crippen LogP contribution in [-0.2, 0) is 11.2 Å². The van der Waals surface area contributed by atoms with Gasteiger partial charge in [0.25, 0.3) is 0 Å². The van der Waals surface area contributed by atoms with Gasteiger partial charge >= 0.3 is 0 Å². The number of benzene rings is 1. The first kappa shape index (κ1) is 15.4. The number of rotatable bonds is 5. The van der Waals surface area contributed by atoms with Crippen molar-refractivity contribution < 1.29 is 4.79 Å². The minimum atomic E-state index is -0.276. The number of hydrogen-bond donors (Lipinski definition) is 2. The summed E-state index contributed by atoms with van der Waals surface area (Å²) in [6.45, 7) is 9.83. The molecule has 1 aromatic carbocycles. The molecule has 1 N–H and O–H groups in total. The smallest absolute Gasteiger partial charge is 0.233 e. The number of nitrogens with one attached hydrogen (secondary N) is 1. The highest BCUT2D eigenvalue weighted by Crippen LogP contribution is 2.67. The fourth-order valence-electron chi connectivity index (χ4n) is 3.09. The van der Waals surface area contributed by atoms with Crippen molar-refractivity contribution in [2.45, 2.75) is 39.4 Å². The Morgan fingerprint density at radius 2 is 1.75 bits per heavy atom. The van der Waals surface area contributed by atoms with Gasteiger partial charge in [0, 0.05) is 6.54 Å². The average Bonchev–Trinajstić information content (AvgIpc) is 2.78. The van der Waals surface area contributed by atoms with Gasteiger partial charge in [-0.2, -0.15) is 12.6 Å². The van der Waals surface area contributed by atoms with Crippen molar-refractivity contribution in [1.29, 1.82) is 0 Å². The van der Waals surface area contributed by atoms with Crippen molar-refractivity contribution in [2.24, 2.45) is 16.7 Å². The zero-order chi connectivity index (χ0) is 15.0. The summed E-state index contributed by atoms with van der Waals surface area (Å²) < 4.78 is 0. The molecule has 2 nitrogen and oxygen atoms in total. The van der Waals surface area contributed by atoms with Crippen LogP contribution in [0.15, 0.2) is 30.3 Å². The van der Waals surface area contributed by atoms with Gasteiger partial charge in [0.05, 0.1) is 5.25 Å². The molecule has 1 amide bonds. The molecule has 20 heavy (non-hydrogen) atoms. The molecule has 0 radical (unpaired) electrons. The van der Waals surface area contributed by atoms with E-state index in [0.29, 0.717) is 23.2 Å². The number of amides is 1. The molecule has 1 aliphatic rings. The topological polar surface area (TPSA) is 29.1 Å². The van der Waals surface area contributed by atoms with Crippen molar-refractivity contribution in [3.05, 3.63) is 35.9 Å². The Bertz CT molecular complexity index is 467. The Hall–Kier alpha value is -0.960. The largest absolute Gasteiger partial charge is 0.355 e. The van der Waals surface area contributed by atoms with Crippen molar-refractivity contribution in [1.82, 2.24) is 5.32 Å². The van der Waals surface area contributed by atoms with E-state index in [0.717, 1.165) is 12.1 Å². The molecule has 110 valence electrons. The highest BCUT2D eigenvalue weighted by molar-refractivity contribution is 7.81. The van der Waals surface area contributed by atoms with Crippen molar-refractivity contribution in [3.8, 4) is 0 Å². The third-order valence-electron chi connectivity index (χ3n) is 5.37. The summed E-state index contributed by atoms with van der Waals surface area (Å²) in [5, 5.41) is 2.78. The first-order valence-electron chi connectivity index (χ1n) is 7.26. The van der Waals surface area contributed by atoms with Crippen LogP contribution in [-0.4, -0.2) is 17.7 Å². The van der Waals surface area contributed by atoms with Crippen LogP contribution in [0.1, 0.15) is 33.3 Å². The normalized spacial score (nSPS) is 21.2. The van der Waals surface area contributed by atoms with Gasteiger partial charge in [-0.05, 0) is 28.7 Å². The molecule has 0 bridgehead atoms. The highest BCUT2D eigenvalue weighted by Gasteiger charge is 2.64. The van der Waals surface area contributed by atoms with Crippen LogP contribution in [0.4, 0.5) is 0 Å². The van der Waals surface area contributed by atoms with Gasteiger partial charge in [0.15, 0.2) is 0 Å². The minimum absolute atomic E-state index is 0.0377. The van der Waals surface area contributed by atoms with Crippen LogP contribution in [0.2, 0.25) is 0 Å². The lowest BCUT2D eigenvalue weighted by Crippen LogP contribution is -2.34. The zero-order valence-corrected chi connectivity index (χ0v) is 13.7. The van der Waals surface area contributed by atoms with Gasteiger partial charge in [-0.1, -0.05) is 58.0 Å². The lowest BCUT2D eigenvalue weighted by atomic mass is 10.0. The molecular weight excluding hydrogens is 266 g/mol. The van der Waals surface area contributed by atoms with E-state index in [2.05, 4.69) is 45.6 Å². The van der Waals surface area contributed by atoms with Gasteiger partial charge < -0.3 is 5.32 Å². The summed E-state index contributed by atoms with van der Waals surface area (Å²) in [5.41, 5.74) is 1.77. The van der Waals surface area contributed by atoms with Crippen molar-refractivity contribution in [3.63, 3.8) is 0 Å². The van der Waals surface area contributed by atoms with Crippen LogP contribution in [0, 0.1) is 16.7 Å². The fourth-order valence-corrected chi connectivity index (χ4v) is 3.40. The van der Waals surface area contributed by atoms with E-state index in [1.807, 2.05) is 30.3 Å². The van der Waals surface area contributed by atoms with Gasteiger partial charge in [-0.3, -0.25) is 4.79 Å². The van der Waals surface area contributed by atoms with Gasteiger partial charge in [-0.15, -0.1) is 0 Å². The van der Waals surface area contributed by atoms with E-state index in [-0.39, 0.29) is 11.2 Å². The van der Waals surface area contributed by atoms with Gasteiger partial charge in [-0.25, -0.2) is 0 Å². The third-order valence-corrected chi connectivity index (χ3v) is 5.79. The highest BCUT2D eigenvalue weighted by atomic mass is 32.1. The summed E-state index contributed by atoms with van der Waals surface area (Å²) in [5.74, 6) is 0.590. The maximum absolute atomic E-state index is 12.1. The molecule has 0 spiro atoms. The van der Waals surface area contributed by atoms with Crippen LogP contribution in [0.25, 0.3) is 0 Å². The van der Waals surface area contributed by atoms with E-state index < -0.39 is 0 Å². The predicted molar refractivity (Wildman–Crippen MR) is 87.0 cm³/mol. The zero-order valence-electron chi connectivity index (χ0n) is 12.8. The molecule has 1 fully saturated rings. The van der Waals surface area contributed by atoms with Crippen LogP contribution in [0.3, 0.4) is 0 Å². The lowest BCUT2D eigenvalue weighted by Gasteiger charge is -2.12. The fraction of sp³-hybridized carbons (Fsp3) is 0.588. The molecule has 1 atom stereocenters. The molecule has 1 aliphatic carbocycles. The Balaban J connectivity index is 1.81. The number of carbonyl (C=O) groups excluding carboxylic acids is 1. The predicted octanol–water partition coefficient (Wildman–Crippen LogP) is 3.33. The Morgan fingerprint density at radius 3 is 2.25 bits per heavy atom. The van der Waals surface area contributed by atoms with E-state index >= 15 is 0 Å². The maximum atomic E-state index is 12.1. The average molecular weight is 291 g/mol. The second kappa shape index (κ2) is 5.44. The number of thiol groups is 1. The molecule has 3 heteroatoms. The molecule has 0 aliphatic heterocycles. The molecular formula is C17H25NOS. The lowest BCUT2D eigenvalue weighted by molar-refractivity contribution is -0.120. The monoisotopic (exact) mass is 291 g/mol. The summed E-state index contributed by atoms with van der Waals surface area (Å²) in [6, 6.07) is 10.0. The molecule has 1 aromatic rings. The summed E-state index contributed by atoms with van der Waals surface area (Å²) in [7, 11) is 0. The Labute approximate surface area is 127 Å². The second-order valence-electron chi connectivity index (χ2n) is 6.95. The number of carbonyl (C=O) groups is 1. The minimum Gasteiger partial charge on any atom is -0.355 e. The maximum Gasteiger partial charge on any atom is 0.233 e. The summed E-state index contributed by atoms with van der Waals surface area (Å²) in [6.07, 6.45) is 0.674. The molecule has 1 unspecified atom stereocenters. The molecule has 0 aromatic heterocycles. The SMILES string of the molecule is CC1(C)C(CNC(=O)C(S)Cc2ccccc2)C1(C)C. The van der Waals surface area contributed by atoms with Gasteiger partial charge in [0.2, 0.25) is 5.91 Å². The van der Waals surface area contributed by atoms with Crippen LogP contribution >= 0.6 is 12.6 Å². The second-order valence-corrected chi connectivity index (χ2v) is 7.57. The summed E-state index contributed by atoms with van der Waals surface area (Å²) >= 11 is 4.43. The van der Waals surface area contributed by atoms with E-state index in [1.54, 1.807) is 0 Å². The van der Waals surface area contributed by atoms with Crippen LogP contribution in [0.5, 0.6) is 0 Å². The quantitative estimate of drug-likeness (QED) is 0.801. The third kappa shape index (κ3) is 2.88. The Kier molecular flexibility index (Phi) is 4.19. The van der Waals surface area contributed by atoms with Crippen LogP contribution < -0.4 is 5.32 Å². The molecule has 2 rings (SSSR count). The first-order chi connectivity index (χ1) is 9.26. The molecule has 0 heterocycles. The van der Waals surface area contributed by atoms with E-state index in [4.69, 9.17) is 0 Å². The van der Waals surface area contributed by atoms with E-state index in [1.165, 1.54) is 0 Å². The number of hydrogen-bond acceptors (Lipinski definition) is 2. The van der Waals surface area contributed by atoms with E-state index in [9.17, 15) is 4.79 Å². The van der Waals surface area contributed by atoms with Crippen molar-refractivity contribution in [2.75, 3.05) is 6.54 Å². The standard InChI is InChI=1S/C17H25NOS/c1-16(2)14(17(16,3)4)11-18-15(19)13(20)10-12-8-6-5-7-9-12/h5-9,13-14,20H,10-11H2,1-4H3,(H,18,19).